The number of ether oxygens (including phenoxy) is 2. The fourth-order valence-electron chi connectivity index (χ4n) is 3.12. The van der Waals surface area contributed by atoms with Crippen molar-refractivity contribution in [1.29, 1.82) is 0 Å². The summed E-state index contributed by atoms with van der Waals surface area (Å²) in [7, 11) is 1.55. The number of pyridine rings is 1. The van der Waals surface area contributed by atoms with Crippen LogP contribution in [0, 0.1) is 19.7 Å². The van der Waals surface area contributed by atoms with Crippen LogP contribution in [-0.2, 0) is 4.74 Å². The monoisotopic (exact) mass is 441 g/mol. The Kier molecular flexibility index (Phi) is 5.97. The first-order valence-electron chi connectivity index (χ1n) is 9.52. The van der Waals surface area contributed by atoms with Crippen molar-refractivity contribution in [1.82, 2.24) is 10.1 Å². The van der Waals surface area contributed by atoms with Crippen LogP contribution in [-0.4, -0.2) is 36.4 Å². The van der Waals surface area contributed by atoms with Crippen molar-refractivity contribution in [2.24, 2.45) is 0 Å². The average Bonchev–Trinajstić information content (AvgIpc) is 3.35. The summed E-state index contributed by atoms with van der Waals surface area (Å²) in [5.74, 6) is -0.603. The van der Waals surface area contributed by atoms with Gasteiger partial charge in [0.15, 0.2) is 0 Å². The van der Waals surface area contributed by atoms with E-state index in [9.17, 15) is 9.18 Å². The standard InChI is InChI=1S/C22H20FN3O4S/c1-12-4-7-19(31-12)17-11-15(20-13(2)26-30-22(20)25-17)21(27)24-16-10-14(23)5-6-18(16)29-9-8-28-3/h4-7,10-11H,8-9H2,1-3H3,(H,24,27). The molecule has 0 aliphatic rings. The van der Waals surface area contributed by atoms with Gasteiger partial charge in [-0.2, -0.15) is 0 Å². The molecule has 3 heterocycles. The number of carbonyl (C=O) groups is 1. The van der Waals surface area contributed by atoms with E-state index in [1.54, 1.807) is 31.4 Å². The summed E-state index contributed by atoms with van der Waals surface area (Å²) in [6, 6.07) is 9.55. The quantitative estimate of drug-likeness (QED) is 0.407. The highest BCUT2D eigenvalue weighted by atomic mass is 32.1. The fourth-order valence-corrected chi connectivity index (χ4v) is 3.95. The van der Waals surface area contributed by atoms with Crippen molar-refractivity contribution in [2.75, 3.05) is 25.6 Å². The number of aryl methyl sites for hydroxylation is 2. The van der Waals surface area contributed by atoms with Crippen molar-refractivity contribution in [3.63, 3.8) is 0 Å². The van der Waals surface area contributed by atoms with Gasteiger partial charge in [0.05, 0.1) is 39.5 Å². The Labute approximate surface area is 181 Å². The summed E-state index contributed by atoms with van der Waals surface area (Å²) in [4.78, 5) is 19.8. The average molecular weight is 441 g/mol. The van der Waals surface area contributed by atoms with Crippen molar-refractivity contribution in [3.05, 3.63) is 58.3 Å². The smallest absolute Gasteiger partial charge is 0.259 e. The maximum atomic E-state index is 13.9. The summed E-state index contributed by atoms with van der Waals surface area (Å²) in [6.45, 7) is 4.35. The summed E-state index contributed by atoms with van der Waals surface area (Å²) in [6.07, 6.45) is 0. The summed E-state index contributed by atoms with van der Waals surface area (Å²) in [5.41, 5.74) is 1.95. The first-order valence-corrected chi connectivity index (χ1v) is 10.3. The molecule has 31 heavy (non-hydrogen) atoms. The van der Waals surface area contributed by atoms with Crippen LogP contribution in [0.1, 0.15) is 20.9 Å². The molecule has 4 rings (SSSR count). The molecule has 0 bridgehead atoms. The van der Waals surface area contributed by atoms with Gasteiger partial charge in [-0.15, -0.1) is 11.3 Å². The van der Waals surface area contributed by atoms with E-state index < -0.39 is 11.7 Å². The largest absolute Gasteiger partial charge is 0.489 e. The number of carbonyl (C=O) groups excluding carboxylic acids is 1. The molecular weight excluding hydrogens is 421 g/mol. The van der Waals surface area contributed by atoms with E-state index in [0.717, 1.165) is 9.75 Å². The molecule has 0 fully saturated rings. The zero-order valence-corrected chi connectivity index (χ0v) is 18.0. The van der Waals surface area contributed by atoms with E-state index in [2.05, 4.69) is 15.5 Å². The summed E-state index contributed by atoms with van der Waals surface area (Å²) < 4.78 is 29.8. The molecule has 9 heteroatoms. The van der Waals surface area contributed by atoms with Gasteiger partial charge in [0.25, 0.3) is 11.6 Å². The predicted molar refractivity (Wildman–Crippen MR) is 116 cm³/mol. The highest BCUT2D eigenvalue weighted by Crippen LogP contribution is 2.32. The Bertz CT molecular complexity index is 1250. The van der Waals surface area contributed by atoms with Crippen LogP contribution >= 0.6 is 11.3 Å². The Morgan fingerprint density at radius 3 is 2.77 bits per heavy atom. The molecule has 3 aromatic heterocycles. The molecule has 0 spiro atoms. The number of fused-ring (bicyclic) bond motifs is 1. The highest BCUT2D eigenvalue weighted by Gasteiger charge is 2.21. The number of aromatic nitrogens is 2. The lowest BCUT2D eigenvalue weighted by molar-refractivity contribution is 0.102. The molecule has 7 nitrogen and oxygen atoms in total. The van der Waals surface area contributed by atoms with Crippen LogP contribution in [0.15, 0.2) is 40.9 Å². The van der Waals surface area contributed by atoms with E-state index in [4.69, 9.17) is 14.0 Å². The van der Waals surface area contributed by atoms with E-state index in [1.807, 2.05) is 19.1 Å². The minimum Gasteiger partial charge on any atom is -0.489 e. The van der Waals surface area contributed by atoms with Crippen molar-refractivity contribution in [2.45, 2.75) is 13.8 Å². The van der Waals surface area contributed by atoms with E-state index >= 15 is 0 Å². The fraction of sp³-hybridized carbons (Fsp3) is 0.227. The Hall–Kier alpha value is -3.30. The van der Waals surface area contributed by atoms with Gasteiger partial charge in [-0.3, -0.25) is 4.79 Å². The number of benzene rings is 1. The number of rotatable bonds is 7. The van der Waals surface area contributed by atoms with E-state index in [-0.39, 0.29) is 18.0 Å². The number of thiophene rings is 1. The van der Waals surface area contributed by atoms with Crippen LogP contribution in [0.3, 0.4) is 0 Å². The summed E-state index contributed by atoms with van der Waals surface area (Å²) >= 11 is 1.56. The minimum absolute atomic E-state index is 0.216. The van der Waals surface area contributed by atoms with Crippen LogP contribution < -0.4 is 10.1 Å². The molecular formula is C22H20FN3O4S. The van der Waals surface area contributed by atoms with Crippen LogP contribution in [0.5, 0.6) is 5.75 Å². The molecule has 160 valence electrons. The number of halogens is 1. The highest BCUT2D eigenvalue weighted by molar-refractivity contribution is 7.15. The second kappa shape index (κ2) is 8.83. The lowest BCUT2D eigenvalue weighted by atomic mass is 10.1. The lowest BCUT2D eigenvalue weighted by Gasteiger charge is -2.13. The molecule has 0 aliphatic heterocycles. The van der Waals surface area contributed by atoms with Crippen LogP contribution in [0.25, 0.3) is 21.7 Å². The lowest BCUT2D eigenvalue weighted by Crippen LogP contribution is -2.15. The van der Waals surface area contributed by atoms with Crippen LogP contribution in [0.2, 0.25) is 0 Å². The van der Waals surface area contributed by atoms with E-state index in [1.165, 1.54) is 18.2 Å². The van der Waals surface area contributed by atoms with Gasteiger partial charge in [-0.05, 0) is 44.2 Å². The van der Waals surface area contributed by atoms with E-state index in [0.29, 0.717) is 34.7 Å². The molecule has 4 aromatic rings. The first-order chi connectivity index (χ1) is 15.0. The maximum Gasteiger partial charge on any atom is 0.259 e. The number of hydrogen-bond donors (Lipinski definition) is 1. The zero-order valence-electron chi connectivity index (χ0n) is 17.2. The Balaban J connectivity index is 1.73. The van der Waals surface area contributed by atoms with Gasteiger partial charge < -0.3 is 19.3 Å². The topological polar surface area (TPSA) is 86.5 Å². The molecule has 0 aliphatic carbocycles. The number of nitrogens with zero attached hydrogens (tertiary/aromatic N) is 2. The number of hydrogen-bond acceptors (Lipinski definition) is 7. The third-order valence-corrected chi connectivity index (χ3v) is 5.61. The first kappa shape index (κ1) is 21.0. The molecule has 1 aromatic carbocycles. The van der Waals surface area contributed by atoms with Gasteiger partial charge in [-0.25, -0.2) is 9.37 Å². The number of amides is 1. The molecule has 0 atom stereocenters. The molecule has 0 saturated carbocycles. The molecule has 0 saturated heterocycles. The van der Waals surface area contributed by atoms with Crippen molar-refractivity contribution in [3.8, 4) is 16.3 Å². The maximum absolute atomic E-state index is 13.9. The van der Waals surface area contributed by atoms with Crippen LogP contribution in [0.4, 0.5) is 10.1 Å². The van der Waals surface area contributed by atoms with Crippen molar-refractivity contribution >= 4 is 34.0 Å². The third-order valence-electron chi connectivity index (χ3n) is 4.59. The molecule has 1 N–H and O–H groups in total. The predicted octanol–water partition coefficient (Wildman–Crippen LogP) is 4.98. The number of nitrogens with one attached hydrogen (secondary N) is 1. The van der Waals surface area contributed by atoms with Gasteiger partial charge in [-0.1, -0.05) is 5.16 Å². The second-order valence-corrected chi connectivity index (χ2v) is 8.14. The third kappa shape index (κ3) is 4.42. The Morgan fingerprint density at radius 1 is 1.19 bits per heavy atom. The SMILES string of the molecule is COCCOc1ccc(F)cc1NC(=O)c1cc(-c2ccc(C)s2)nc2onc(C)c12. The zero-order chi connectivity index (χ0) is 22.0. The minimum atomic E-state index is -0.495. The number of methoxy groups -OCH3 is 1. The van der Waals surface area contributed by atoms with Crippen molar-refractivity contribution < 1.29 is 23.2 Å². The van der Waals surface area contributed by atoms with Gasteiger partial charge in [0, 0.05) is 18.1 Å². The summed E-state index contributed by atoms with van der Waals surface area (Å²) in [5, 5.41) is 7.21. The molecule has 0 unspecified atom stereocenters. The second-order valence-electron chi connectivity index (χ2n) is 6.85. The Morgan fingerprint density at radius 2 is 2.03 bits per heavy atom. The van der Waals surface area contributed by atoms with Gasteiger partial charge in [0.1, 0.15) is 18.2 Å². The normalized spacial score (nSPS) is 11.1. The van der Waals surface area contributed by atoms with Gasteiger partial charge >= 0.3 is 0 Å². The van der Waals surface area contributed by atoms with Gasteiger partial charge in [0.2, 0.25) is 0 Å². The molecule has 1 amide bonds. The number of anilines is 1. The molecule has 0 radical (unpaired) electrons.